The Bertz CT molecular complexity index is 991. The Morgan fingerprint density at radius 2 is 2.04 bits per heavy atom. The van der Waals surface area contributed by atoms with Gasteiger partial charge in [0.15, 0.2) is 5.89 Å². The molecular formula is C19H21N3O3S2. The van der Waals surface area contributed by atoms with E-state index in [1.54, 1.807) is 48.8 Å². The number of nitrogens with zero attached hydrogens (tertiary/aromatic N) is 2. The molecule has 0 bridgehead atoms. The molecule has 2 aromatic heterocycles. The monoisotopic (exact) mass is 403 g/mol. The van der Waals surface area contributed by atoms with Gasteiger partial charge in [-0.05, 0) is 40.9 Å². The maximum Gasteiger partial charge on any atom is 0.240 e. The van der Waals surface area contributed by atoms with Crippen LogP contribution in [0.4, 0.5) is 0 Å². The average Bonchev–Trinajstić information content (AvgIpc) is 3.28. The average molecular weight is 404 g/mol. The van der Waals surface area contributed by atoms with E-state index in [9.17, 15) is 8.42 Å². The Morgan fingerprint density at radius 3 is 2.59 bits per heavy atom. The fraction of sp³-hybridized carbons (Fsp3) is 0.316. The van der Waals surface area contributed by atoms with Crippen molar-refractivity contribution in [3.05, 3.63) is 58.8 Å². The Labute approximate surface area is 162 Å². The van der Waals surface area contributed by atoms with E-state index in [0.717, 1.165) is 25.1 Å². The zero-order chi connectivity index (χ0) is 18.9. The largest absolute Gasteiger partial charge is 0.449 e. The van der Waals surface area contributed by atoms with E-state index in [4.69, 9.17) is 4.42 Å². The van der Waals surface area contributed by atoms with Crippen LogP contribution in [0, 0.1) is 6.92 Å². The summed E-state index contributed by atoms with van der Waals surface area (Å²) in [4.78, 5) is 6.82. The fourth-order valence-corrected chi connectivity index (χ4v) is 4.89. The standard InChI is InChI=1S/C19H21N3O3S2/c1-14-21-18(12-25-14)15-3-5-17(6-4-15)27(23,24)20-11-19(22-8-2-9-22)16-7-10-26-13-16/h3-7,10,12-13,19-20H,2,8-9,11H2,1H3/t19-/m0/s1. The zero-order valence-corrected chi connectivity index (χ0v) is 16.6. The second-order valence-corrected chi connectivity index (χ2v) is 9.14. The van der Waals surface area contributed by atoms with Crippen molar-refractivity contribution < 1.29 is 12.8 Å². The van der Waals surface area contributed by atoms with E-state index >= 15 is 0 Å². The molecule has 0 amide bonds. The quantitative estimate of drug-likeness (QED) is 0.654. The van der Waals surface area contributed by atoms with Gasteiger partial charge in [-0.2, -0.15) is 11.3 Å². The molecule has 1 fully saturated rings. The molecule has 0 saturated carbocycles. The highest BCUT2D eigenvalue weighted by Gasteiger charge is 2.27. The van der Waals surface area contributed by atoms with Gasteiger partial charge in [-0.25, -0.2) is 18.1 Å². The number of benzene rings is 1. The van der Waals surface area contributed by atoms with Crippen LogP contribution in [0.3, 0.4) is 0 Å². The SMILES string of the molecule is Cc1nc(-c2ccc(S(=O)(=O)NC[C@@H](c3ccsc3)N3CCC3)cc2)co1. The minimum Gasteiger partial charge on any atom is -0.449 e. The second-order valence-electron chi connectivity index (χ2n) is 6.59. The van der Waals surface area contributed by atoms with E-state index in [1.165, 1.54) is 5.56 Å². The molecule has 0 unspecified atom stereocenters. The van der Waals surface area contributed by atoms with Crippen LogP contribution in [0.5, 0.6) is 0 Å². The number of thiophene rings is 1. The Balaban J connectivity index is 1.47. The summed E-state index contributed by atoms with van der Waals surface area (Å²) < 4.78 is 33.4. The van der Waals surface area contributed by atoms with Gasteiger partial charge in [0, 0.05) is 38.2 Å². The number of hydrogen-bond donors (Lipinski definition) is 1. The van der Waals surface area contributed by atoms with Gasteiger partial charge in [-0.15, -0.1) is 0 Å². The molecule has 6 nitrogen and oxygen atoms in total. The van der Waals surface area contributed by atoms with E-state index in [-0.39, 0.29) is 10.9 Å². The molecule has 3 heterocycles. The molecule has 3 aromatic rings. The number of oxazole rings is 1. The normalized spacial score (nSPS) is 16.2. The van der Waals surface area contributed by atoms with Crippen LogP contribution >= 0.6 is 11.3 Å². The van der Waals surface area contributed by atoms with Crippen molar-refractivity contribution in [2.24, 2.45) is 0 Å². The summed E-state index contributed by atoms with van der Waals surface area (Å²) in [7, 11) is -3.57. The number of nitrogens with one attached hydrogen (secondary N) is 1. The zero-order valence-electron chi connectivity index (χ0n) is 15.0. The third-order valence-electron chi connectivity index (χ3n) is 4.81. The third kappa shape index (κ3) is 3.98. The predicted octanol–water partition coefficient (Wildman–Crippen LogP) is 3.44. The number of rotatable bonds is 7. The summed E-state index contributed by atoms with van der Waals surface area (Å²) >= 11 is 1.63. The summed E-state index contributed by atoms with van der Waals surface area (Å²) in [6, 6.07) is 8.85. The van der Waals surface area contributed by atoms with Crippen molar-refractivity contribution in [3.63, 3.8) is 0 Å². The highest BCUT2D eigenvalue weighted by molar-refractivity contribution is 7.89. The molecular weight excluding hydrogens is 382 g/mol. The molecule has 1 aromatic carbocycles. The third-order valence-corrected chi connectivity index (χ3v) is 6.95. The van der Waals surface area contributed by atoms with Crippen LogP contribution in [-0.4, -0.2) is 37.9 Å². The molecule has 4 rings (SSSR count). The molecule has 0 radical (unpaired) electrons. The smallest absolute Gasteiger partial charge is 0.240 e. The van der Waals surface area contributed by atoms with Gasteiger partial charge in [0.25, 0.3) is 0 Å². The first-order valence-corrected chi connectivity index (χ1v) is 11.2. The second kappa shape index (κ2) is 7.55. The highest BCUT2D eigenvalue weighted by Crippen LogP contribution is 2.27. The maximum atomic E-state index is 12.7. The molecule has 8 heteroatoms. The van der Waals surface area contributed by atoms with E-state index in [2.05, 4.69) is 26.1 Å². The molecule has 1 N–H and O–H groups in total. The fourth-order valence-electron chi connectivity index (χ4n) is 3.15. The lowest BCUT2D eigenvalue weighted by Crippen LogP contribution is -2.44. The highest BCUT2D eigenvalue weighted by atomic mass is 32.2. The van der Waals surface area contributed by atoms with Crippen molar-refractivity contribution in [3.8, 4) is 11.3 Å². The van der Waals surface area contributed by atoms with Gasteiger partial charge in [-0.1, -0.05) is 12.1 Å². The lowest BCUT2D eigenvalue weighted by molar-refractivity contribution is 0.120. The maximum absolute atomic E-state index is 12.7. The van der Waals surface area contributed by atoms with Crippen molar-refractivity contribution in [2.75, 3.05) is 19.6 Å². The number of sulfonamides is 1. The molecule has 1 atom stereocenters. The van der Waals surface area contributed by atoms with Gasteiger partial charge in [-0.3, -0.25) is 4.90 Å². The van der Waals surface area contributed by atoms with E-state index < -0.39 is 10.0 Å². The number of likely N-dealkylation sites (tertiary alicyclic amines) is 1. The molecule has 0 spiro atoms. The van der Waals surface area contributed by atoms with Crippen molar-refractivity contribution >= 4 is 21.4 Å². The topological polar surface area (TPSA) is 75.4 Å². The molecule has 27 heavy (non-hydrogen) atoms. The molecule has 1 aliphatic rings. The Kier molecular flexibility index (Phi) is 5.14. The molecule has 0 aliphatic carbocycles. The first-order chi connectivity index (χ1) is 13.0. The lowest BCUT2D eigenvalue weighted by Gasteiger charge is -2.38. The van der Waals surface area contributed by atoms with Gasteiger partial charge in [0.2, 0.25) is 10.0 Å². The van der Waals surface area contributed by atoms with Crippen LogP contribution < -0.4 is 4.72 Å². The van der Waals surface area contributed by atoms with Crippen LogP contribution in [0.15, 0.2) is 56.7 Å². The van der Waals surface area contributed by atoms with Gasteiger partial charge < -0.3 is 4.42 Å². The summed E-state index contributed by atoms with van der Waals surface area (Å²) in [5, 5.41) is 4.12. The summed E-state index contributed by atoms with van der Waals surface area (Å²) in [6.45, 7) is 4.15. The van der Waals surface area contributed by atoms with E-state index in [0.29, 0.717) is 18.1 Å². The van der Waals surface area contributed by atoms with Crippen molar-refractivity contribution in [1.82, 2.24) is 14.6 Å². The van der Waals surface area contributed by atoms with Gasteiger partial charge in [0.1, 0.15) is 12.0 Å². The van der Waals surface area contributed by atoms with E-state index in [1.807, 2.05) is 5.38 Å². The Morgan fingerprint density at radius 1 is 1.26 bits per heavy atom. The number of aryl methyl sites for hydroxylation is 1. The van der Waals surface area contributed by atoms with Crippen molar-refractivity contribution in [1.29, 1.82) is 0 Å². The van der Waals surface area contributed by atoms with Gasteiger partial charge in [0.05, 0.1) is 4.90 Å². The first-order valence-electron chi connectivity index (χ1n) is 8.81. The van der Waals surface area contributed by atoms with Crippen molar-refractivity contribution in [2.45, 2.75) is 24.3 Å². The minimum absolute atomic E-state index is 0.0807. The lowest BCUT2D eigenvalue weighted by atomic mass is 10.1. The summed E-state index contributed by atoms with van der Waals surface area (Å²) in [5.41, 5.74) is 2.68. The van der Waals surface area contributed by atoms with Crippen LogP contribution in [0.1, 0.15) is 23.9 Å². The van der Waals surface area contributed by atoms with Crippen LogP contribution in [-0.2, 0) is 10.0 Å². The molecule has 1 saturated heterocycles. The van der Waals surface area contributed by atoms with Crippen LogP contribution in [0.2, 0.25) is 0 Å². The summed E-state index contributed by atoms with van der Waals surface area (Å²) in [5.74, 6) is 0.578. The minimum atomic E-state index is -3.57. The van der Waals surface area contributed by atoms with Crippen LogP contribution in [0.25, 0.3) is 11.3 Å². The number of aromatic nitrogens is 1. The molecule has 1 aliphatic heterocycles. The summed E-state index contributed by atoms with van der Waals surface area (Å²) in [6.07, 6.45) is 2.73. The predicted molar refractivity (Wildman–Crippen MR) is 105 cm³/mol. The number of hydrogen-bond acceptors (Lipinski definition) is 6. The Hall–Kier alpha value is -2.00. The molecule has 142 valence electrons. The van der Waals surface area contributed by atoms with Gasteiger partial charge >= 0.3 is 0 Å². The first kappa shape index (κ1) is 18.4.